The van der Waals surface area contributed by atoms with Gasteiger partial charge in [0.1, 0.15) is 0 Å². The summed E-state index contributed by atoms with van der Waals surface area (Å²) in [4.78, 5) is 2.71. The summed E-state index contributed by atoms with van der Waals surface area (Å²) in [5, 5.41) is 3.58. The van der Waals surface area contributed by atoms with Crippen LogP contribution in [-0.2, 0) is 0 Å². The zero-order valence-electron chi connectivity index (χ0n) is 9.84. The molecule has 0 radical (unpaired) electrons. The first kappa shape index (κ1) is 10.4. The van der Waals surface area contributed by atoms with Crippen molar-refractivity contribution in [1.29, 1.82) is 0 Å². The second-order valence-electron chi connectivity index (χ2n) is 5.85. The van der Waals surface area contributed by atoms with Gasteiger partial charge in [-0.2, -0.15) is 0 Å². The molecule has 1 aliphatic heterocycles. The van der Waals surface area contributed by atoms with E-state index in [0.717, 1.165) is 18.5 Å². The van der Waals surface area contributed by atoms with Crippen molar-refractivity contribution >= 4 is 0 Å². The summed E-state index contributed by atoms with van der Waals surface area (Å²) in [5.41, 5.74) is 0.323. The standard InChI is InChI=1S/C12H24N2/c1-10-4-5-11(8-10)14-7-6-13-12(2,3)9-14/h10-11,13H,4-9H2,1-3H3. The summed E-state index contributed by atoms with van der Waals surface area (Å²) in [7, 11) is 0. The van der Waals surface area contributed by atoms with E-state index in [2.05, 4.69) is 31.0 Å². The fourth-order valence-corrected chi connectivity index (χ4v) is 3.00. The fraction of sp³-hybridized carbons (Fsp3) is 1.00. The third kappa shape index (κ3) is 2.29. The van der Waals surface area contributed by atoms with Crippen molar-refractivity contribution in [2.45, 2.75) is 51.6 Å². The molecule has 1 saturated heterocycles. The average Bonchev–Trinajstić information content (AvgIpc) is 2.50. The number of nitrogens with one attached hydrogen (secondary N) is 1. The number of nitrogens with zero attached hydrogens (tertiary/aromatic N) is 1. The molecule has 0 amide bonds. The topological polar surface area (TPSA) is 15.3 Å². The SMILES string of the molecule is CC1CCC(N2CCNC(C)(C)C2)C1. The minimum atomic E-state index is 0.323. The first-order valence-electron chi connectivity index (χ1n) is 6.06. The maximum atomic E-state index is 3.58. The van der Waals surface area contributed by atoms with E-state index in [1.165, 1.54) is 32.4 Å². The Kier molecular flexibility index (Phi) is 2.85. The summed E-state index contributed by atoms with van der Waals surface area (Å²) in [6, 6.07) is 0.881. The molecule has 2 rings (SSSR count). The first-order chi connectivity index (χ1) is 6.57. The van der Waals surface area contributed by atoms with Gasteiger partial charge in [0.15, 0.2) is 0 Å². The van der Waals surface area contributed by atoms with E-state index in [1.807, 2.05) is 0 Å². The molecule has 0 aromatic carbocycles. The van der Waals surface area contributed by atoms with E-state index >= 15 is 0 Å². The highest BCUT2D eigenvalue weighted by Gasteiger charge is 2.33. The van der Waals surface area contributed by atoms with Gasteiger partial charge in [0.25, 0.3) is 0 Å². The Balaban J connectivity index is 1.91. The van der Waals surface area contributed by atoms with Crippen LogP contribution in [0.2, 0.25) is 0 Å². The van der Waals surface area contributed by atoms with Crippen LogP contribution in [0.1, 0.15) is 40.0 Å². The van der Waals surface area contributed by atoms with Crippen molar-refractivity contribution in [1.82, 2.24) is 10.2 Å². The minimum absolute atomic E-state index is 0.323. The zero-order chi connectivity index (χ0) is 10.2. The van der Waals surface area contributed by atoms with Crippen molar-refractivity contribution in [2.75, 3.05) is 19.6 Å². The lowest BCUT2D eigenvalue weighted by molar-refractivity contribution is 0.109. The molecule has 1 N–H and O–H groups in total. The lowest BCUT2D eigenvalue weighted by Crippen LogP contribution is -2.59. The molecule has 2 atom stereocenters. The Labute approximate surface area is 88.1 Å². The van der Waals surface area contributed by atoms with E-state index in [4.69, 9.17) is 0 Å². The van der Waals surface area contributed by atoms with Gasteiger partial charge in [-0.15, -0.1) is 0 Å². The summed E-state index contributed by atoms with van der Waals surface area (Å²) in [6.07, 6.45) is 4.29. The Morgan fingerprint density at radius 2 is 2.07 bits per heavy atom. The smallest absolute Gasteiger partial charge is 0.0252 e. The maximum Gasteiger partial charge on any atom is 0.0252 e. The molecule has 0 aromatic rings. The Morgan fingerprint density at radius 3 is 2.64 bits per heavy atom. The Hall–Kier alpha value is -0.0800. The molecule has 1 aliphatic carbocycles. The van der Waals surface area contributed by atoms with Crippen LogP contribution in [0.25, 0.3) is 0 Å². The molecule has 2 aliphatic rings. The predicted octanol–water partition coefficient (Wildman–Crippen LogP) is 1.86. The van der Waals surface area contributed by atoms with Gasteiger partial charge in [-0.25, -0.2) is 0 Å². The molecule has 82 valence electrons. The third-order valence-electron chi connectivity index (χ3n) is 3.78. The molecule has 0 bridgehead atoms. The van der Waals surface area contributed by atoms with Crippen LogP contribution < -0.4 is 5.32 Å². The van der Waals surface area contributed by atoms with E-state index in [0.29, 0.717) is 5.54 Å². The normalized spacial score (nSPS) is 38.8. The highest BCUT2D eigenvalue weighted by atomic mass is 15.2. The van der Waals surface area contributed by atoms with E-state index in [1.54, 1.807) is 0 Å². The lowest BCUT2D eigenvalue weighted by atomic mass is 10.00. The molecule has 2 unspecified atom stereocenters. The number of piperazine rings is 1. The van der Waals surface area contributed by atoms with Crippen LogP contribution in [0.15, 0.2) is 0 Å². The van der Waals surface area contributed by atoms with Gasteiger partial charge in [-0.05, 0) is 39.0 Å². The minimum Gasteiger partial charge on any atom is -0.309 e. The molecule has 0 spiro atoms. The number of hydrogen-bond donors (Lipinski definition) is 1. The van der Waals surface area contributed by atoms with Gasteiger partial charge < -0.3 is 5.32 Å². The molecule has 2 heteroatoms. The van der Waals surface area contributed by atoms with Crippen LogP contribution in [0, 0.1) is 5.92 Å². The largest absolute Gasteiger partial charge is 0.309 e. The van der Waals surface area contributed by atoms with Crippen LogP contribution >= 0.6 is 0 Å². The molecule has 14 heavy (non-hydrogen) atoms. The van der Waals surface area contributed by atoms with Crippen LogP contribution in [0.3, 0.4) is 0 Å². The Morgan fingerprint density at radius 1 is 1.29 bits per heavy atom. The van der Waals surface area contributed by atoms with Gasteiger partial charge in [-0.1, -0.05) is 6.92 Å². The molecule has 1 saturated carbocycles. The second kappa shape index (κ2) is 3.82. The Bertz CT molecular complexity index is 200. The highest BCUT2D eigenvalue weighted by Crippen LogP contribution is 2.30. The summed E-state index contributed by atoms with van der Waals surface area (Å²) in [5.74, 6) is 0.956. The maximum absolute atomic E-state index is 3.58. The average molecular weight is 196 g/mol. The van der Waals surface area contributed by atoms with Crippen molar-refractivity contribution in [3.8, 4) is 0 Å². The van der Waals surface area contributed by atoms with Crippen LogP contribution in [0.5, 0.6) is 0 Å². The van der Waals surface area contributed by atoms with Gasteiger partial charge in [-0.3, -0.25) is 4.90 Å². The second-order valence-corrected chi connectivity index (χ2v) is 5.85. The summed E-state index contributed by atoms with van der Waals surface area (Å²) >= 11 is 0. The zero-order valence-corrected chi connectivity index (χ0v) is 9.84. The first-order valence-corrected chi connectivity index (χ1v) is 6.06. The highest BCUT2D eigenvalue weighted by molar-refractivity contribution is 4.91. The monoisotopic (exact) mass is 196 g/mol. The van der Waals surface area contributed by atoms with Gasteiger partial charge in [0, 0.05) is 31.2 Å². The van der Waals surface area contributed by atoms with E-state index in [9.17, 15) is 0 Å². The third-order valence-corrected chi connectivity index (χ3v) is 3.78. The number of hydrogen-bond acceptors (Lipinski definition) is 2. The van der Waals surface area contributed by atoms with Gasteiger partial charge in [0.2, 0.25) is 0 Å². The summed E-state index contributed by atoms with van der Waals surface area (Å²) in [6.45, 7) is 10.7. The lowest BCUT2D eigenvalue weighted by Gasteiger charge is -2.42. The van der Waals surface area contributed by atoms with Crippen molar-refractivity contribution in [2.24, 2.45) is 5.92 Å². The number of rotatable bonds is 1. The molecular weight excluding hydrogens is 172 g/mol. The molecule has 2 nitrogen and oxygen atoms in total. The van der Waals surface area contributed by atoms with Gasteiger partial charge >= 0.3 is 0 Å². The van der Waals surface area contributed by atoms with Crippen LogP contribution in [-0.4, -0.2) is 36.1 Å². The fourth-order valence-electron chi connectivity index (χ4n) is 3.00. The van der Waals surface area contributed by atoms with E-state index < -0.39 is 0 Å². The van der Waals surface area contributed by atoms with Crippen molar-refractivity contribution < 1.29 is 0 Å². The summed E-state index contributed by atoms with van der Waals surface area (Å²) < 4.78 is 0. The predicted molar refractivity (Wildman–Crippen MR) is 60.5 cm³/mol. The van der Waals surface area contributed by atoms with E-state index in [-0.39, 0.29) is 0 Å². The molecular formula is C12H24N2. The molecule has 0 aromatic heterocycles. The molecule has 2 fully saturated rings. The van der Waals surface area contributed by atoms with Crippen LogP contribution in [0.4, 0.5) is 0 Å². The quantitative estimate of drug-likeness (QED) is 0.688. The van der Waals surface area contributed by atoms with Crippen molar-refractivity contribution in [3.63, 3.8) is 0 Å². The molecule has 1 heterocycles. The van der Waals surface area contributed by atoms with Gasteiger partial charge in [0.05, 0.1) is 0 Å². The van der Waals surface area contributed by atoms with Crippen molar-refractivity contribution in [3.05, 3.63) is 0 Å².